The lowest BCUT2D eigenvalue weighted by Crippen LogP contribution is -2.50. The van der Waals surface area contributed by atoms with Crippen LogP contribution < -0.4 is 20.3 Å². The minimum atomic E-state index is -0.869. The van der Waals surface area contributed by atoms with Crippen molar-refractivity contribution in [3.05, 3.63) is 77.3 Å². The number of amides is 2. The molecule has 2 amide bonds. The number of nitrogens with zero attached hydrogens (tertiary/aromatic N) is 2. The van der Waals surface area contributed by atoms with Crippen LogP contribution in [0.3, 0.4) is 0 Å². The lowest BCUT2D eigenvalue weighted by molar-refractivity contribution is 0.0940. The highest BCUT2D eigenvalue weighted by Gasteiger charge is 2.29. The Balaban J connectivity index is 1.37. The average Bonchev–Trinajstić information content (AvgIpc) is 3.32. The smallest absolute Gasteiger partial charge is 0.257 e. The zero-order valence-electron chi connectivity index (χ0n) is 19.1. The fourth-order valence-corrected chi connectivity index (χ4v) is 6.28. The number of thiophene rings is 1. The van der Waals surface area contributed by atoms with Crippen LogP contribution in [-0.2, 0) is 10.8 Å². The molecule has 2 N–H and O–H groups in total. The van der Waals surface area contributed by atoms with Crippen LogP contribution in [0.15, 0.2) is 66.2 Å². The van der Waals surface area contributed by atoms with Crippen LogP contribution in [0.4, 0.5) is 17.2 Å². The molecule has 10 heteroatoms. The number of rotatable bonds is 5. The molecule has 2 aliphatic heterocycles. The van der Waals surface area contributed by atoms with E-state index in [-0.39, 0.29) is 17.9 Å². The summed E-state index contributed by atoms with van der Waals surface area (Å²) in [5, 5.41) is 8.62. The van der Waals surface area contributed by atoms with Gasteiger partial charge in [0.2, 0.25) is 0 Å². The topological polar surface area (TPSA) is 101 Å². The summed E-state index contributed by atoms with van der Waals surface area (Å²) in [6.07, 6.45) is 1.51. The van der Waals surface area contributed by atoms with E-state index in [4.69, 9.17) is 4.74 Å². The van der Waals surface area contributed by atoms with Gasteiger partial charge in [-0.2, -0.15) is 0 Å². The van der Waals surface area contributed by atoms with Crippen molar-refractivity contribution in [3.63, 3.8) is 0 Å². The Bertz CT molecular complexity index is 1510. The summed E-state index contributed by atoms with van der Waals surface area (Å²) < 4.78 is 18.2. The number of pyridine rings is 1. The zero-order chi connectivity index (χ0) is 24.6. The Kier molecular flexibility index (Phi) is 5.90. The molecule has 36 heavy (non-hydrogen) atoms. The number of hydrogen-bond donors (Lipinski definition) is 2. The Morgan fingerprint density at radius 2 is 1.89 bits per heavy atom. The monoisotopic (exact) mass is 518 g/mol. The third-order valence-electron chi connectivity index (χ3n) is 6.20. The second-order valence-electron chi connectivity index (χ2n) is 8.61. The first-order valence-electron chi connectivity index (χ1n) is 11.5. The van der Waals surface area contributed by atoms with Gasteiger partial charge in [-0.25, -0.2) is 4.98 Å². The van der Waals surface area contributed by atoms with Crippen LogP contribution in [-0.4, -0.2) is 51.7 Å². The van der Waals surface area contributed by atoms with Crippen LogP contribution in [0.5, 0.6) is 5.75 Å². The van der Waals surface area contributed by atoms with Gasteiger partial charge in [0.1, 0.15) is 12.4 Å². The van der Waals surface area contributed by atoms with E-state index in [1.54, 1.807) is 6.07 Å². The fourth-order valence-electron chi connectivity index (χ4n) is 4.37. The third kappa shape index (κ3) is 4.22. The Labute approximate surface area is 213 Å². The van der Waals surface area contributed by atoms with Gasteiger partial charge in [0.15, 0.2) is 5.82 Å². The molecule has 2 aromatic heterocycles. The van der Waals surface area contributed by atoms with Gasteiger partial charge in [0.25, 0.3) is 11.8 Å². The molecule has 182 valence electrons. The lowest BCUT2D eigenvalue weighted by Gasteiger charge is -2.31. The Morgan fingerprint density at radius 3 is 2.75 bits per heavy atom. The van der Waals surface area contributed by atoms with Gasteiger partial charge in [-0.05, 0) is 24.3 Å². The summed E-state index contributed by atoms with van der Waals surface area (Å²) in [6.45, 7) is 0.996. The molecule has 0 radical (unpaired) electrons. The van der Waals surface area contributed by atoms with Gasteiger partial charge >= 0.3 is 0 Å². The van der Waals surface area contributed by atoms with Crippen molar-refractivity contribution in [3.8, 4) is 5.75 Å². The molecule has 0 spiro atoms. The predicted molar refractivity (Wildman–Crippen MR) is 142 cm³/mol. The van der Waals surface area contributed by atoms with Crippen molar-refractivity contribution in [2.75, 3.05) is 34.9 Å². The largest absolute Gasteiger partial charge is 0.490 e. The van der Waals surface area contributed by atoms with Crippen LogP contribution in [0.25, 0.3) is 10.1 Å². The molecular formula is C26H22N4O4S2. The van der Waals surface area contributed by atoms with E-state index in [1.807, 2.05) is 58.8 Å². The van der Waals surface area contributed by atoms with Crippen molar-refractivity contribution in [1.82, 2.24) is 10.3 Å². The maximum atomic E-state index is 13.4. The highest BCUT2D eigenvalue weighted by Crippen LogP contribution is 2.39. The van der Waals surface area contributed by atoms with E-state index in [1.165, 1.54) is 17.5 Å². The van der Waals surface area contributed by atoms with Gasteiger partial charge in [0, 0.05) is 44.0 Å². The molecule has 0 unspecified atom stereocenters. The van der Waals surface area contributed by atoms with Crippen LogP contribution in [0.1, 0.15) is 20.7 Å². The van der Waals surface area contributed by atoms with Gasteiger partial charge in [0.05, 0.1) is 35.1 Å². The number of nitrogens with one attached hydrogen (secondary N) is 2. The SMILES string of the molecule is O=C(NC1CS(=O)C1)c1cnc(N2CCOc3ccccc32)c(NC(=O)c2csc3ccccc23)c1. The van der Waals surface area contributed by atoms with Crippen molar-refractivity contribution >= 4 is 61.2 Å². The standard InChI is InChI=1S/C26H22N4O4S2/c31-25(28-17-14-36(33)15-17)16-11-20(29-26(32)19-13-35-23-8-4-1-5-18(19)23)24(27-12-16)30-9-10-34-22-7-3-2-6-21(22)30/h1-8,11-13,17H,9-10,14-15H2,(H,28,31)(H,29,32). The number of benzene rings is 2. The van der Waals surface area contributed by atoms with Crippen LogP contribution >= 0.6 is 11.3 Å². The minimum Gasteiger partial charge on any atom is -0.490 e. The van der Waals surface area contributed by atoms with E-state index in [9.17, 15) is 13.8 Å². The molecule has 2 aliphatic rings. The molecule has 1 fully saturated rings. The molecule has 6 rings (SSSR count). The molecule has 0 aliphatic carbocycles. The predicted octanol–water partition coefficient (Wildman–Crippen LogP) is 3.94. The molecule has 0 saturated carbocycles. The third-order valence-corrected chi connectivity index (χ3v) is 8.71. The minimum absolute atomic E-state index is 0.112. The number of ether oxygens (including phenoxy) is 1. The summed E-state index contributed by atoms with van der Waals surface area (Å²) in [6, 6.07) is 16.9. The Morgan fingerprint density at radius 1 is 1.08 bits per heavy atom. The van der Waals surface area contributed by atoms with E-state index in [0.29, 0.717) is 47.3 Å². The summed E-state index contributed by atoms with van der Waals surface area (Å²) in [4.78, 5) is 32.9. The number of carbonyl (C=O) groups is 2. The Hall–Kier alpha value is -3.76. The van der Waals surface area contributed by atoms with Crippen molar-refractivity contribution in [2.45, 2.75) is 6.04 Å². The summed E-state index contributed by atoms with van der Waals surface area (Å²) in [7, 11) is -0.869. The molecular weight excluding hydrogens is 496 g/mol. The van der Waals surface area contributed by atoms with Crippen LogP contribution in [0, 0.1) is 0 Å². The fraction of sp³-hybridized carbons (Fsp3) is 0.192. The lowest BCUT2D eigenvalue weighted by atomic mass is 10.1. The number of carbonyl (C=O) groups excluding carboxylic acids is 2. The number of fused-ring (bicyclic) bond motifs is 2. The zero-order valence-corrected chi connectivity index (χ0v) is 20.7. The second-order valence-corrected chi connectivity index (χ2v) is 11.1. The normalized spacial score (nSPS) is 18.6. The molecule has 2 aromatic carbocycles. The van der Waals surface area contributed by atoms with Crippen molar-refractivity contribution < 1.29 is 18.5 Å². The highest BCUT2D eigenvalue weighted by molar-refractivity contribution is 7.86. The van der Waals surface area contributed by atoms with Crippen molar-refractivity contribution in [2.24, 2.45) is 0 Å². The molecule has 0 bridgehead atoms. The first-order valence-corrected chi connectivity index (χ1v) is 13.9. The number of anilines is 3. The van der Waals surface area contributed by atoms with Crippen molar-refractivity contribution in [1.29, 1.82) is 0 Å². The highest BCUT2D eigenvalue weighted by atomic mass is 32.2. The van der Waals surface area contributed by atoms with Gasteiger partial charge in [-0.1, -0.05) is 30.3 Å². The molecule has 1 saturated heterocycles. The van der Waals surface area contributed by atoms with E-state index in [2.05, 4.69) is 15.6 Å². The van der Waals surface area contributed by atoms with Gasteiger partial charge in [-0.3, -0.25) is 13.8 Å². The first-order chi connectivity index (χ1) is 17.6. The number of para-hydroxylation sites is 2. The quantitative estimate of drug-likeness (QED) is 0.415. The first kappa shape index (κ1) is 22.7. The van der Waals surface area contributed by atoms with E-state index in [0.717, 1.165) is 21.5 Å². The van der Waals surface area contributed by atoms with Crippen LogP contribution in [0.2, 0.25) is 0 Å². The molecule has 8 nitrogen and oxygen atoms in total. The summed E-state index contributed by atoms with van der Waals surface area (Å²) in [5.74, 6) is 1.58. The molecule has 4 heterocycles. The average molecular weight is 519 g/mol. The van der Waals surface area contributed by atoms with Gasteiger partial charge < -0.3 is 20.3 Å². The summed E-state index contributed by atoms with van der Waals surface area (Å²) >= 11 is 1.51. The number of hydrogen-bond acceptors (Lipinski definition) is 7. The summed E-state index contributed by atoms with van der Waals surface area (Å²) in [5.41, 5.74) is 2.15. The van der Waals surface area contributed by atoms with E-state index >= 15 is 0 Å². The van der Waals surface area contributed by atoms with E-state index < -0.39 is 10.8 Å². The number of aromatic nitrogens is 1. The second kappa shape index (κ2) is 9.36. The maximum absolute atomic E-state index is 13.4. The molecule has 0 atom stereocenters. The van der Waals surface area contributed by atoms with Gasteiger partial charge in [-0.15, -0.1) is 11.3 Å². The maximum Gasteiger partial charge on any atom is 0.257 e. The molecule has 4 aromatic rings.